The third-order valence-electron chi connectivity index (χ3n) is 1.80. The first kappa shape index (κ1) is 8.61. The van der Waals surface area contributed by atoms with Crippen LogP contribution in [-0.4, -0.2) is 11.1 Å². The van der Waals surface area contributed by atoms with Crippen LogP contribution in [0.1, 0.15) is 13.3 Å². The van der Waals surface area contributed by atoms with Gasteiger partial charge in [-0.25, -0.2) is 0 Å². The highest BCUT2D eigenvalue weighted by Gasteiger charge is 2.33. The molecule has 2 nitrogen and oxygen atoms in total. The monoisotopic (exact) mass is 162 g/mol. The van der Waals surface area contributed by atoms with Gasteiger partial charge in [-0.05, 0) is 13.3 Å². The molecule has 0 heterocycles. The van der Waals surface area contributed by atoms with Crippen molar-refractivity contribution in [2.45, 2.75) is 13.3 Å². The Labute approximate surface area is 71.6 Å². The van der Waals surface area contributed by atoms with Crippen LogP contribution in [-0.2, 0) is 4.79 Å². The van der Waals surface area contributed by atoms with Crippen molar-refractivity contribution in [1.82, 2.24) is 0 Å². The largest absolute Gasteiger partial charge is 0.480 e. The second-order valence-electron chi connectivity index (χ2n) is 2.64. The molecule has 1 atom stereocenters. The predicted molar refractivity (Wildman–Crippen MR) is 46.4 cm³/mol. The molecule has 0 aromatic heterocycles. The van der Waals surface area contributed by atoms with Gasteiger partial charge < -0.3 is 5.11 Å². The highest BCUT2D eigenvalue weighted by Crippen LogP contribution is 2.27. The fourth-order valence-corrected chi connectivity index (χ4v) is 1.15. The van der Waals surface area contributed by atoms with E-state index in [2.05, 4.69) is 11.8 Å². The molecular weight excluding hydrogens is 152 g/mol. The molecule has 1 aliphatic carbocycles. The van der Waals surface area contributed by atoms with Crippen LogP contribution in [0.15, 0.2) is 24.3 Å². The van der Waals surface area contributed by atoms with Crippen LogP contribution in [0.3, 0.4) is 0 Å². The molecule has 0 radical (unpaired) electrons. The second kappa shape index (κ2) is 3.27. The van der Waals surface area contributed by atoms with Crippen LogP contribution in [0.2, 0.25) is 0 Å². The number of carboxylic acids is 1. The third kappa shape index (κ3) is 1.40. The maximum absolute atomic E-state index is 10.9. The van der Waals surface area contributed by atoms with E-state index in [9.17, 15) is 4.79 Å². The molecule has 1 rings (SSSR count). The van der Waals surface area contributed by atoms with Gasteiger partial charge >= 0.3 is 5.97 Å². The second-order valence-corrected chi connectivity index (χ2v) is 2.64. The first-order valence-electron chi connectivity index (χ1n) is 3.73. The zero-order valence-electron chi connectivity index (χ0n) is 6.87. The number of rotatable bonds is 1. The Bertz CT molecular complexity index is 302. The van der Waals surface area contributed by atoms with Crippen LogP contribution >= 0.6 is 0 Å². The van der Waals surface area contributed by atoms with Gasteiger partial charge in [0.05, 0.1) is 0 Å². The van der Waals surface area contributed by atoms with Gasteiger partial charge in [-0.15, -0.1) is 5.92 Å². The maximum atomic E-state index is 10.9. The van der Waals surface area contributed by atoms with Crippen molar-refractivity contribution in [2.75, 3.05) is 0 Å². The van der Waals surface area contributed by atoms with Gasteiger partial charge in [-0.3, -0.25) is 4.79 Å². The van der Waals surface area contributed by atoms with Gasteiger partial charge in [0, 0.05) is 0 Å². The lowest BCUT2D eigenvalue weighted by molar-refractivity contribution is -0.143. The maximum Gasteiger partial charge on any atom is 0.326 e. The van der Waals surface area contributed by atoms with E-state index < -0.39 is 11.4 Å². The first-order valence-corrected chi connectivity index (χ1v) is 3.73. The van der Waals surface area contributed by atoms with E-state index in [0.29, 0.717) is 6.42 Å². The molecule has 0 fully saturated rings. The third-order valence-corrected chi connectivity index (χ3v) is 1.80. The summed E-state index contributed by atoms with van der Waals surface area (Å²) in [6.45, 7) is 1.65. The molecule has 0 saturated carbocycles. The van der Waals surface area contributed by atoms with Crippen LogP contribution in [0.4, 0.5) is 0 Å². The summed E-state index contributed by atoms with van der Waals surface area (Å²) in [6.07, 6.45) is 7.46. The number of aliphatic carboxylic acids is 1. The zero-order valence-corrected chi connectivity index (χ0v) is 6.87. The van der Waals surface area contributed by atoms with Gasteiger partial charge in [0.2, 0.25) is 0 Å². The van der Waals surface area contributed by atoms with Crippen LogP contribution in [0.25, 0.3) is 0 Å². The quantitative estimate of drug-likeness (QED) is 0.594. The summed E-state index contributed by atoms with van der Waals surface area (Å²) in [5.41, 5.74) is -0.983. The fourth-order valence-electron chi connectivity index (χ4n) is 1.15. The molecule has 2 heteroatoms. The number of hydrogen-bond acceptors (Lipinski definition) is 1. The summed E-state index contributed by atoms with van der Waals surface area (Å²) in [5, 5.41) is 8.93. The van der Waals surface area contributed by atoms with Gasteiger partial charge in [0.15, 0.2) is 0 Å². The van der Waals surface area contributed by atoms with Gasteiger partial charge in [0.1, 0.15) is 5.41 Å². The number of allylic oxidation sites excluding steroid dienone is 3. The van der Waals surface area contributed by atoms with E-state index in [4.69, 9.17) is 5.11 Å². The minimum Gasteiger partial charge on any atom is -0.480 e. The molecule has 0 aromatic rings. The van der Waals surface area contributed by atoms with E-state index >= 15 is 0 Å². The number of hydrogen-bond donors (Lipinski definition) is 1. The molecule has 1 unspecified atom stereocenters. The Morgan fingerprint density at radius 3 is 2.75 bits per heavy atom. The van der Waals surface area contributed by atoms with E-state index in [-0.39, 0.29) is 0 Å². The fraction of sp³-hybridized carbons (Fsp3) is 0.300. The SMILES string of the molecule is CC#CC1(C(=O)O)C=CC=CC1. The summed E-state index contributed by atoms with van der Waals surface area (Å²) < 4.78 is 0. The zero-order chi connectivity index (χ0) is 9.03. The topological polar surface area (TPSA) is 37.3 Å². The van der Waals surface area contributed by atoms with Gasteiger partial charge in [-0.1, -0.05) is 30.2 Å². The van der Waals surface area contributed by atoms with Crippen LogP contribution < -0.4 is 0 Å². The van der Waals surface area contributed by atoms with Crippen molar-refractivity contribution in [3.8, 4) is 11.8 Å². The normalized spacial score (nSPS) is 26.1. The minimum absolute atomic E-state index is 0.458. The van der Waals surface area contributed by atoms with Crippen molar-refractivity contribution < 1.29 is 9.90 Å². The van der Waals surface area contributed by atoms with E-state index in [0.717, 1.165) is 0 Å². The predicted octanol–water partition coefficient (Wildman–Crippen LogP) is 1.60. The van der Waals surface area contributed by atoms with Crippen molar-refractivity contribution in [2.24, 2.45) is 5.41 Å². The summed E-state index contributed by atoms with van der Waals surface area (Å²) in [5.74, 6) is 4.48. The lowest BCUT2D eigenvalue weighted by Crippen LogP contribution is -2.27. The van der Waals surface area contributed by atoms with Gasteiger partial charge in [0.25, 0.3) is 0 Å². The van der Waals surface area contributed by atoms with Gasteiger partial charge in [-0.2, -0.15) is 0 Å². The molecule has 1 N–H and O–H groups in total. The Kier molecular flexibility index (Phi) is 2.35. The van der Waals surface area contributed by atoms with E-state index in [1.54, 1.807) is 19.1 Å². The number of carbonyl (C=O) groups is 1. The molecule has 0 amide bonds. The molecule has 0 saturated heterocycles. The summed E-state index contributed by atoms with van der Waals surface area (Å²) in [6, 6.07) is 0. The molecule has 12 heavy (non-hydrogen) atoms. The minimum atomic E-state index is -0.983. The van der Waals surface area contributed by atoms with Crippen LogP contribution in [0, 0.1) is 17.3 Å². The average Bonchev–Trinajstić information content (AvgIpc) is 2.06. The van der Waals surface area contributed by atoms with Crippen molar-refractivity contribution >= 4 is 5.97 Å². The first-order chi connectivity index (χ1) is 5.71. The average molecular weight is 162 g/mol. The summed E-state index contributed by atoms with van der Waals surface area (Å²) in [7, 11) is 0. The summed E-state index contributed by atoms with van der Waals surface area (Å²) in [4.78, 5) is 10.9. The lowest BCUT2D eigenvalue weighted by atomic mass is 9.82. The Hall–Kier alpha value is -1.49. The molecule has 0 bridgehead atoms. The van der Waals surface area contributed by atoms with E-state index in [1.165, 1.54) is 0 Å². The molecule has 62 valence electrons. The number of carboxylic acid groups (broad SMARTS) is 1. The molecular formula is C10H10O2. The molecule has 0 aliphatic heterocycles. The molecule has 1 aliphatic rings. The summed E-state index contributed by atoms with van der Waals surface area (Å²) >= 11 is 0. The van der Waals surface area contributed by atoms with Crippen molar-refractivity contribution in [3.05, 3.63) is 24.3 Å². The van der Waals surface area contributed by atoms with Crippen molar-refractivity contribution in [1.29, 1.82) is 0 Å². The molecule has 0 spiro atoms. The Morgan fingerprint density at radius 1 is 1.58 bits per heavy atom. The smallest absolute Gasteiger partial charge is 0.326 e. The standard InChI is InChI=1S/C10H10O2/c1-2-6-10(9(11)12)7-4-3-5-8-10/h3-5,7H,8H2,1H3,(H,11,12). The Morgan fingerprint density at radius 2 is 2.33 bits per heavy atom. The van der Waals surface area contributed by atoms with E-state index in [1.807, 2.05) is 12.2 Å². The Balaban J connectivity index is 3.01. The highest BCUT2D eigenvalue weighted by molar-refractivity contribution is 5.82. The lowest BCUT2D eigenvalue weighted by Gasteiger charge is -2.19. The van der Waals surface area contributed by atoms with Crippen molar-refractivity contribution in [3.63, 3.8) is 0 Å². The van der Waals surface area contributed by atoms with Crippen LogP contribution in [0.5, 0.6) is 0 Å². The molecule has 0 aromatic carbocycles. The highest BCUT2D eigenvalue weighted by atomic mass is 16.4.